The fourth-order valence-electron chi connectivity index (χ4n) is 1.07. The van der Waals surface area contributed by atoms with Gasteiger partial charge in [-0.25, -0.2) is 9.97 Å². The van der Waals surface area contributed by atoms with Gasteiger partial charge in [0.05, 0.1) is 0 Å². The van der Waals surface area contributed by atoms with Crippen LogP contribution in [0.3, 0.4) is 0 Å². The highest BCUT2D eigenvalue weighted by atomic mass is 79.9. The molecule has 1 aromatic rings. The van der Waals surface area contributed by atoms with Crippen LogP contribution in [0.5, 0.6) is 0 Å². The van der Waals surface area contributed by atoms with E-state index in [1.165, 1.54) is 0 Å². The molecule has 0 spiro atoms. The lowest BCUT2D eigenvalue weighted by Crippen LogP contribution is -2.05. The number of hydrogen-bond donors (Lipinski definition) is 1. The molecular weight excluding hydrogens is 254 g/mol. The molecule has 0 aromatic carbocycles. The van der Waals surface area contributed by atoms with Crippen LogP contribution in [-0.4, -0.2) is 16.5 Å². The maximum Gasteiger partial charge on any atom is 0.134 e. The monoisotopic (exact) mass is 269 g/mol. The second-order valence-electron chi connectivity index (χ2n) is 3.54. The van der Waals surface area contributed by atoms with Crippen LogP contribution in [0.1, 0.15) is 32.5 Å². The summed E-state index contributed by atoms with van der Waals surface area (Å²) in [7, 11) is 0. The van der Waals surface area contributed by atoms with Crippen LogP contribution in [0, 0.1) is 0 Å². The number of anilines is 1. The smallest absolute Gasteiger partial charge is 0.134 e. The molecule has 0 aliphatic carbocycles. The molecule has 0 saturated carbocycles. The van der Waals surface area contributed by atoms with Crippen LogP contribution in [0.25, 0.3) is 0 Å². The summed E-state index contributed by atoms with van der Waals surface area (Å²) >= 11 is 3.38. The maximum absolute atomic E-state index is 4.42. The van der Waals surface area contributed by atoms with Crippen LogP contribution in [0.4, 0.5) is 5.82 Å². The van der Waals surface area contributed by atoms with Gasteiger partial charge in [0.25, 0.3) is 0 Å². The van der Waals surface area contributed by atoms with E-state index in [9.17, 15) is 0 Å². The lowest BCUT2D eigenvalue weighted by atomic mass is 10.2. The largest absolute Gasteiger partial charge is 0.366 e. The number of allylic oxidation sites excluding steroid dienone is 1. The molecule has 0 amide bonds. The molecule has 3 nitrogen and oxygen atoms in total. The molecule has 1 N–H and O–H groups in total. The topological polar surface area (TPSA) is 37.8 Å². The van der Waals surface area contributed by atoms with Gasteiger partial charge in [0.1, 0.15) is 16.2 Å². The lowest BCUT2D eigenvalue weighted by molar-refractivity contribution is 0.770. The summed E-state index contributed by atoms with van der Waals surface area (Å²) in [5, 5.41) is 3.21. The Labute approximate surface area is 99.2 Å². The molecule has 0 saturated heterocycles. The SMILES string of the molecule is C/C=C/CNc1cc(Br)nc(C(C)C)n1. The molecule has 0 atom stereocenters. The number of halogens is 1. The highest BCUT2D eigenvalue weighted by molar-refractivity contribution is 9.10. The van der Waals surface area contributed by atoms with Crippen molar-refractivity contribution in [1.29, 1.82) is 0 Å². The minimum absolute atomic E-state index is 0.338. The summed E-state index contributed by atoms with van der Waals surface area (Å²) in [6, 6.07) is 1.88. The van der Waals surface area contributed by atoms with Crippen molar-refractivity contribution in [3.8, 4) is 0 Å². The summed E-state index contributed by atoms with van der Waals surface area (Å²) in [5.41, 5.74) is 0. The van der Waals surface area contributed by atoms with Gasteiger partial charge in [0, 0.05) is 18.5 Å². The zero-order valence-electron chi connectivity index (χ0n) is 9.29. The summed E-state index contributed by atoms with van der Waals surface area (Å²) in [4.78, 5) is 8.73. The second kappa shape index (κ2) is 5.85. The van der Waals surface area contributed by atoms with E-state index in [2.05, 4.69) is 45.1 Å². The number of nitrogens with zero attached hydrogens (tertiary/aromatic N) is 2. The third-order valence-corrected chi connectivity index (χ3v) is 2.27. The third-order valence-electron chi connectivity index (χ3n) is 1.87. The van der Waals surface area contributed by atoms with E-state index < -0.39 is 0 Å². The highest BCUT2D eigenvalue weighted by Crippen LogP contribution is 2.17. The molecule has 1 aromatic heterocycles. The van der Waals surface area contributed by atoms with Crippen molar-refractivity contribution >= 4 is 21.7 Å². The van der Waals surface area contributed by atoms with E-state index in [1.807, 2.05) is 25.1 Å². The molecule has 0 aliphatic rings. The third kappa shape index (κ3) is 4.00. The van der Waals surface area contributed by atoms with Gasteiger partial charge >= 0.3 is 0 Å². The fraction of sp³-hybridized carbons (Fsp3) is 0.455. The molecule has 1 rings (SSSR count). The maximum atomic E-state index is 4.42. The molecule has 0 unspecified atom stereocenters. The normalized spacial score (nSPS) is 11.3. The first-order chi connectivity index (χ1) is 7.13. The number of hydrogen-bond acceptors (Lipinski definition) is 3. The van der Waals surface area contributed by atoms with Crippen LogP contribution in [0.2, 0.25) is 0 Å². The highest BCUT2D eigenvalue weighted by Gasteiger charge is 2.05. The lowest BCUT2D eigenvalue weighted by Gasteiger charge is -2.08. The van der Waals surface area contributed by atoms with E-state index in [4.69, 9.17) is 0 Å². The number of aromatic nitrogens is 2. The Hall–Kier alpha value is -0.900. The first kappa shape index (κ1) is 12.2. The van der Waals surface area contributed by atoms with Crippen molar-refractivity contribution < 1.29 is 0 Å². The van der Waals surface area contributed by atoms with E-state index in [-0.39, 0.29) is 0 Å². The van der Waals surface area contributed by atoms with Gasteiger partial charge in [0.2, 0.25) is 0 Å². The van der Waals surface area contributed by atoms with Crippen molar-refractivity contribution in [2.24, 2.45) is 0 Å². The Morgan fingerprint density at radius 3 is 2.80 bits per heavy atom. The number of nitrogens with one attached hydrogen (secondary N) is 1. The first-order valence-electron chi connectivity index (χ1n) is 5.03. The van der Waals surface area contributed by atoms with Crippen molar-refractivity contribution in [3.05, 3.63) is 28.6 Å². The molecule has 82 valence electrons. The molecule has 0 fully saturated rings. The van der Waals surface area contributed by atoms with Crippen LogP contribution in [0.15, 0.2) is 22.8 Å². The predicted octanol–water partition coefficient (Wildman–Crippen LogP) is 3.35. The molecule has 15 heavy (non-hydrogen) atoms. The van der Waals surface area contributed by atoms with Gasteiger partial charge in [-0.1, -0.05) is 26.0 Å². The van der Waals surface area contributed by atoms with E-state index in [0.29, 0.717) is 5.92 Å². The van der Waals surface area contributed by atoms with Gasteiger partial charge in [-0.3, -0.25) is 0 Å². The van der Waals surface area contributed by atoms with E-state index >= 15 is 0 Å². The summed E-state index contributed by atoms with van der Waals surface area (Å²) in [6.45, 7) is 6.95. The van der Waals surface area contributed by atoms with E-state index in [1.54, 1.807) is 0 Å². The zero-order valence-corrected chi connectivity index (χ0v) is 10.9. The Balaban J connectivity index is 2.79. The summed E-state index contributed by atoms with van der Waals surface area (Å²) in [5.74, 6) is 2.05. The molecular formula is C11H16BrN3. The quantitative estimate of drug-likeness (QED) is 0.673. The molecule has 1 heterocycles. The van der Waals surface area contributed by atoms with Crippen LogP contribution < -0.4 is 5.32 Å². The Morgan fingerprint density at radius 1 is 1.47 bits per heavy atom. The number of rotatable bonds is 4. The summed E-state index contributed by atoms with van der Waals surface area (Å²) in [6.07, 6.45) is 4.05. The Morgan fingerprint density at radius 2 is 2.20 bits per heavy atom. The molecule has 0 bridgehead atoms. The van der Waals surface area contributed by atoms with Gasteiger partial charge in [-0.2, -0.15) is 0 Å². The minimum atomic E-state index is 0.338. The molecule has 0 radical (unpaired) electrons. The van der Waals surface area contributed by atoms with Crippen molar-refractivity contribution in [3.63, 3.8) is 0 Å². The fourth-order valence-corrected chi connectivity index (χ4v) is 1.46. The average molecular weight is 270 g/mol. The van der Waals surface area contributed by atoms with Crippen molar-refractivity contribution in [2.45, 2.75) is 26.7 Å². The van der Waals surface area contributed by atoms with Gasteiger partial charge in [0.15, 0.2) is 0 Å². The summed E-state index contributed by atoms with van der Waals surface area (Å²) < 4.78 is 0.823. The average Bonchev–Trinajstić information content (AvgIpc) is 2.17. The predicted molar refractivity (Wildman–Crippen MR) is 67.1 cm³/mol. The Kier molecular flexibility index (Phi) is 4.75. The van der Waals surface area contributed by atoms with Gasteiger partial charge < -0.3 is 5.32 Å². The van der Waals surface area contributed by atoms with Crippen LogP contribution in [-0.2, 0) is 0 Å². The van der Waals surface area contributed by atoms with Crippen molar-refractivity contribution in [2.75, 3.05) is 11.9 Å². The Bertz CT molecular complexity index is 348. The second-order valence-corrected chi connectivity index (χ2v) is 4.35. The van der Waals surface area contributed by atoms with E-state index in [0.717, 1.165) is 22.8 Å². The van der Waals surface area contributed by atoms with Gasteiger partial charge in [-0.05, 0) is 22.9 Å². The first-order valence-corrected chi connectivity index (χ1v) is 5.82. The molecule has 0 aliphatic heterocycles. The zero-order chi connectivity index (χ0) is 11.3. The molecule has 4 heteroatoms. The minimum Gasteiger partial charge on any atom is -0.366 e. The van der Waals surface area contributed by atoms with Crippen LogP contribution >= 0.6 is 15.9 Å². The standard InChI is InChI=1S/C11H16BrN3/c1-4-5-6-13-10-7-9(12)14-11(15-10)8(2)3/h4-5,7-8H,6H2,1-3H3,(H,13,14,15)/b5-4+. The van der Waals surface area contributed by atoms with Crippen molar-refractivity contribution in [1.82, 2.24) is 9.97 Å². The van der Waals surface area contributed by atoms with Gasteiger partial charge in [-0.15, -0.1) is 0 Å².